The van der Waals surface area contributed by atoms with Crippen molar-refractivity contribution in [2.75, 3.05) is 6.54 Å². The molecule has 1 aromatic carbocycles. The van der Waals surface area contributed by atoms with E-state index in [1.165, 1.54) is 28.6 Å². The van der Waals surface area contributed by atoms with Gasteiger partial charge >= 0.3 is 5.97 Å². The van der Waals surface area contributed by atoms with Crippen LogP contribution in [0.25, 0.3) is 11.3 Å². The van der Waals surface area contributed by atoms with E-state index in [-0.39, 0.29) is 17.2 Å². The predicted octanol–water partition coefficient (Wildman–Crippen LogP) is 4.34. The summed E-state index contributed by atoms with van der Waals surface area (Å²) in [5, 5.41) is 14.3. The molecule has 0 bridgehead atoms. The second-order valence-corrected chi connectivity index (χ2v) is 8.41. The molecule has 2 heterocycles. The number of halogens is 1. The number of benzene rings is 1. The Morgan fingerprint density at radius 2 is 1.91 bits per heavy atom. The normalized spacial score (nSPS) is 17.8. The molecule has 1 fully saturated rings. The first-order valence-electron chi connectivity index (χ1n) is 10.6. The molecule has 168 valence electrons. The van der Waals surface area contributed by atoms with E-state index in [1.807, 2.05) is 31.2 Å². The Morgan fingerprint density at radius 1 is 1.16 bits per heavy atom. The van der Waals surface area contributed by atoms with Crippen molar-refractivity contribution in [3.8, 4) is 11.3 Å². The average molecular weight is 455 g/mol. The van der Waals surface area contributed by atoms with Crippen LogP contribution in [0, 0.1) is 12.8 Å². The molecule has 0 saturated heterocycles. The zero-order chi connectivity index (χ0) is 23.1. The van der Waals surface area contributed by atoms with Gasteiger partial charge in [-0.15, -0.1) is 0 Å². The molecule has 4 rings (SSSR count). The van der Waals surface area contributed by atoms with Crippen molar-refractivity contribution < 1.29 is 9.90 Å². The summed E-state index contributed by atoms with van der Waals surface area (Å²) in [5.74, 6) is -0.519. The van der Waals surface area contributed by atoms with Gasteiger partial charge in [0.05, 0.1) is 17.3 Å². The van der Waals surface area contributed by atoms with Gasteiger partial charge in [-0.1, -0.05) is 23.7 Å². The largest absolute Gasteiger partial charge is 0.478 e. The standard InChI is InChI=1S/C17H20N4O3.C7H7Cl/c18-8-11-1-3-14(4-2-11)21-16(22)6-5-15(20-21)12-7-13(17(23)24)10-19-9-12;1-6-3-2-4-7(8)5-6/h5-7,9-11,14H,1-4,8,18H2,(H,23,24);2-5H,1H3. The molecule has 3 aromatic rings. The number of carbonyl (C=O) groups is 1. The van der Waals surface area contributed by atoms with Crippen LogP contribution >= 0.6 is 11.6 Å². The van der Waals surface area contributed by atoms with E-state index in [9.17, 15) is 9.59 Å². The van der Waals surface area contributed by atoms with E-state index < -0.39 is 5.97 Å². The van der Waals surface area contributed by atoms with E-state index in [0.29, 0.717) is 23.7 Å². The number of nitrogens with two attached hydrogens (primary N) is 1. The lowest BCUT2D eigenvalue weighted by Crippen LogP contribution is -2.31. The van der Waals surface area contributed by atoms with E-state index in [1.54, 1.807) is 12.3 Å². The van der Waals surface area contributed by atoms with Crippen molar-refractivity contribution in [1.29, 1.82) is 0 Å². The Hall–Kier alpha value is -3.03. The number of carboxylic acids is 1. The van der Waals surface area contributed by atoms with E-state index in [0.717, 1.165) is 30.7 Å². The van der Waals surface area contributed by atoms with Crippen LogP contribution in [0.3, 0.4) is 0 Å². The lowest BCUT2D eigenvalue weighted by atomic mass is 9.86. The SMILES string of the molecule is Cc1cccc(Cl)c1.NCC1CCC(n2nc(-c3cncc(C(=O)O)c3)ccc2=O)CC1. The quantitative estimate of drug-likeness (QED) is 0.606. The van der Waals surface area contributed by atoms with Crippen LogP contribution in [-0.4, -0.2) is 32.4 Å². The number of aryl methyl sites for hydroxylation is 1. The van der Waals surface area contributed by atoms with Crippen molar-refractivity contribution >= 4 is 17.6 Å². The molecule has 0 amide bonds. The van der Waals surface area contributed by atoms with Gasteiger partial charge in [-0.05, 0) is 74.9 Å². The van der Waals surface area contributed by atoms with Gasteiger partial charge in [0.25, 0.3) is 5.56 Å². The topological polar surface area (TPSA) is 111 Å². The van der Waals surface area contributed by atoms with Crippen LogP contribution in [0.1, 0.15) is 47.6 Å². The molecule has 0 atom stereocenters. The van der Waals surface area contributed by atoms with Crippen LogP contribution in [-0.2, 0) is 0 Å². The number of aromatic carboxylic acids is 1. The lowest BCUT2D eigenvalue weighted by Gasteiger charge is -2.28. The number of rotatable bonds is 4. The molecule has 1 aliphatic rings. The number of aromatic nitrogens is 3. The van der Waals surface area contributed by atoms with Crippen molar-refractivity contribution in [3.63, 3.8) is 0 Å². The number of carboxylic acid groups (broad SMARTS) is 1. The first-order valence-corrected chi connectivity index (χ1v) is 11.0. The van der Waals surface area contributed by atoms with Crippen LogP contribution in [0.15, 0.2) is 59.7 Å². The molecular weight excluding hydrogens is 428 g/mol. The van der Waals surface area contributed by atoms with Crippen molar-refractivity contribution in [2.24, 2.45) is 11.7 Å². The molecule has 32 heavy (non-hydrogen) atoms. The molecule has 1 aliphatic carbocycles. The zero-order valence-corrected chi connectivity index (χ0v) is 18.7. The van der Waals surface area contributed by atoms with Crippen LogP contribution in [0.4, 0.5) is 0 Å². The molecule has 3 N–H and O–H groups in total. The summed E-state index contributed by atoms with van der Waals surface area (Å²) >= 11 is 5.64. The van der Waals surface area contributed by atoms with E-state index >= 15 is 0 Å². The highest BCUT2D eigenvalue weighted by Gasteiger charge is 2.23. The van der Waals surface area contributed by atoms with Gasteiger partial charge in [-0.3, -0.25) is 9.78 Å². The zero-order valence-electron chi connectivity index (χ0n) is 17.9. The van der Waals surface area contributed by atoms with Gasteiger partial charge < -0.3 is 10.8 Å². The van der Waals surface area contributed by atoms with Crippen molar-refractivity contribution in [2.45, 2.75) is 38.6 Å². The highest BCUT2D eigenvalue weighted by atomic mass is 35.5. The van der Waals surface area contributed by atoms with Crippen LogP contribution in [0.5, 0.6) is 0 Å². The number of hydrogen-bond acceptors (Lipinski definition) is 5. The summed E-state index contributed by atoms with van der Waals surface area (Å²) in [6, 6.07) is 12.4. The van der Waals surface area contributed by atoms with Gasteiger partial charge in [0, 0.05) is 29.0 Å². The minimum absolute atomic E-state index is 0.0656. The van der Waals surface area contributed by atoms with Crippen LogP contribution in [0.2, 0.25) is 5.02 Å². The maximum Gasteiger partial charge on any atom is 0.337 e. The maximum atomic E-state index is 12.2. The molecular formula is C24H27ClN4O3. The highest BCUT2D eigenvalue weighted by molar-refractivity contribution is 6.30. The van der Waals surface area contributed by atoms with Gasteiger partial charge in [0.1, 0.15) is 0 Å². The van der Waals surface area contributed by atoms with Crippen molar-refractivity contribution in [1.82, 2.24) is 14.8 Å². The Bertz CT molecular complexity index is 1110. The fraction of sp³-hybridized carbons (Fsp3) is 0.333. The highest BCUT2D eigenvalue weighted by Crippen LogP contribution is 2.30. The summed E-state index contributed by atoms with van der Waals surface area (Å²) in [6.45, 7) is 2.70. The lowest BCUT2D eigenvalue weighted by molar-refractivity contribution is 0.0696. The third-order valence-corrected chi connectivity index (χ3v) is 5.82. The Kier molecular flexibility index (Phi) is 8.14. The average Bonchev–Trinajstić information content (AvgIpc) is 2.80. The molecule has 8 heteroatoms. The number of nitrogens with zero attached hydrogens (tertiary/aromatic N) is 3. The maximum absolute atomic E-state index is 12.2. The minimum Gasteiger partial charge on any atom is -0.478 e. The molecule has 0 unspecified atom stereocenters. The minimum atomic E-state index is -1.04. The third kappa shape index (κ3) is 6.24. The Balaban J connectivity index is 0.000000305. The van der Waals surface area contributed by atoms with Crippen LogP contribution < -0.4 is 11.3 Å². The Labute approximate surface area is 191 Å². The summed E-state index contributed by atoms with van der Waals surface area (Å²) in [6.07, 6.45) is 6.59. The summed E-state index contributed by atoms with van der Waals surface area (Å²) in [5.41, 5.74) is 8.00. The number of pyridine rings is 1. The van der Waals surface area contributed by atoms with Gasteiger partial charge in [-0.2, -0.15) is 5.10 Å². The molecule has 0 aliphatic heterocycles. The second-order valence-electron chi connectivity index (χ2n) is 7.98. The fourth-order valence-electron chi connectivity index (χ4n) is 3.77. The van der Waals surface area contributed by atoms with E-state index in [4.69, 9.17) is 22.4 Å². The second kappa shape index (κ2) is 11.0. The number of hydrogen-bond donors (Lipinski definition) is 2. The van der Waals surface area contributed by atoms with E-state index in [2.05, 4.69) is 10.1 Å². The first kappa shape index (κ1) is 23.6. The summed E-state index contributed by atoms with van der Waals surface area (Å²) in [4.78, 5) is 27.2. The smallest absolute Gasteiger partial charge is 0.337 e. The van der Waals surface area contributed by atoms with Gasteiger partial charge in [0.15, 0.2) is 0 Å². The molecule has 2 aromatic heterocycles. The van der Waals surface area contributed by atoms with Gasteiger partial charge in [-0.25, -0.2) is 9.48 Å². The van der Waals surface area contributed by atoms with Gasteiger partial charge in [0.2, 0.25) is 0 Å². The molecule has 0 radical (unpaired) electrons. The molecule has 1 saturated carbocycles. The summed E-state index contributed by atoms with van der Waals surface area (Å²) < 4.78 is 1.52. The molecule has 0 spiro atoms. The first-order chi connectivity index (χ1) is 15.4. The summed E-state index contributed by atoms with van der Waals surface area (Å²) in [7, 11) is 0. The third-order valence-electron chi connectivity index (χ3n) is 5.58. The molecule has 7 nitrogen and oxygen atoms in total. The van der Waals surface area contributed by atoms with Crippen molar-refractivity contribution in [3.05, 3.63) is 81.4 Å². The monoisotopic (exact) mass is 454 g/mol. The fourth-order valence-corrected chi connectivity index (χ4v) is 4.01. The predicted molar refractivity (Wildman–Crippen MR) is 125 cm³/mol. The Morgan fingerprint density at radius 3 is 2.50 bits per heavy atom.